The molecule has 29 nitrogen and oxygen atoms in total. The third-order valence-electron chi connectivity index (χ3n) is 10.9. The van der Waals surface area contributed by atoms with E-state index in [4.69, 9.17) is 86.5 Å². The van der Waals surface area contributed by atoms with Crippen LogP contribution >= 0.6 is 0 Å². The minimum atomic E-state index is -0.421. The van der Waals surface area contributed by atoms with E-state index >= 15 is 0 Å². The molecule has 82 heavy (non-hydrogen) atoms. The number of methoxy groups -OCH3 is 4. The summed E-state index contributed by atoms with van der Waals surface area (Å²) in [4.78, 5) is 78.0. The second-order valence-electron chi connectivity index (χ2n) is 17.5. The highest BCUT2D eigenvalue weighted by Gasteiger charge is 2.21. The number of hydrogen-bond acceptors (Lipinski definition) is 24. The summed E-state index contributed by atoms with van der Waals surface area (Å²) in [5, 5.41) is 8.39. The highest BCUT2D eigenvalue weighted by atomic mass is 16.6. The number of ether oxygens (including phenoxy) is 16. The van der Waals surface area contributed by atoms with Gasteiger partial charge in [0.05, 0.1) is 205 Å². The number of carbonyl (C=O) groups excluding carboxylic acids is 5. The summed E-state index contributed by atoms with van der Waals surface area (Å²) in [7, 11) is 6.41. The zero-order chi connectivity index (χ0) is 59.9. The molecule has 5 amide bonds. The fraction of sp³-hybridized carbons (Fsp3) is 0.887. The number of nitrogens with zero attached hydrogens (tertiary/aromatic N) is 3. The lowest BCUT2D eigenvalue weighted by Crippen LogP contribution is -2.43. The molecule has 482 valence electrons. The van der Waals surface area contributed by atoms with Gasteiger partial charge in [-0.25, -0.2) is 0 Å². The topological polar surface area (TPSA) is 323 Å². The Bertz CT molecular complexity index is 1520. The van der Waals surface area contributed by atoms with E-state index in [1.54, 1.807) is 28.4 Å². The van der Waals surface area contributed by atoms with Gasteiger partial charge in [-0.15, -0.1) is 0 Å². The highest BCUT2D eigenvalue weighted by molar-refractivity contribution is 5.86. The summed E-state index contributed by atoms with van der Waals surface area (Å²) in [5.74, 6) is 3.99. The number of nitrogens with two attached hydrogens (primary N) is 1. The number of carbonyl (C=O) groups is 5. The molecule has 0 aliphatic carbocycles. The first-order chi connectivity index (χ1) is 40.2. The molecule has 0 saturated carbocycles. The predicted molar refractivity (Wildman–Crippen MR) is 299 cm³/mol. The standard InChI is InChI=1S/C53H103N7O22/c1-66-22-26-74-38-42-78-34-30-70-18-14-57-48(61)8-6-12-55-49(62)46-59(16-20-72-32-36-80-44-40-76-28-24-68-3)52(64)10-5-11-53(65)60(17-21-73-33-37-81-45-41-77-29-25-69-4)47-50(63)56-13-7-9-51(82-54)58-15-19-71-31-35-79-43-39-75-27-23-67-2/h5-47,54H2,1-4H3,(H,55,62)(H,56,63)(H,57,61). The van der Waals surface area contributed by atoms with Crippen molar-refractivity contribution in [2.75, 3.05) is 266 Å². The van der Waals surface area contributed by atoms with Crippen LogP contribution in [-0.2, 0) is 105 Å². The fourth-order valence-electron chi connectivity index (χ4n) is 6.54. The third kappa shape index (κ3) is 55.3. The van der Waals surface area contributed by atoms with Crippen molar-refractivity contribution < 1.29 is 105 Å². The van der Waals surface area contributed by atoms with Gasteiger partial charge in [0, 0.05) is 86.8 Å². The summed E-state index contributed by atoms with van der Waals surface area (Å²) in [6, 6.07) is 0. The molecule has 0 rings (SSSR count). The molecule has 0 aliphatic rings. The Morgan fingerprint density at radius 1 is 0.341 bits per heavy atom. The second-order valence-corrected chi connectivity index (χ2v) is 17.5. The SMILES string of the molecule is COCCOCCOCCOCCN=C(CCCNC(=O)CN(CCOCCOCCOCCOC)C(=O)CCCC(=O)N(CCOCCOCCOCCOC)CC(=O)NCCCC(=O)NCCOCCOCCOCCOC)ON. The fourth-order valence-corrected chi connectivity index (χ4v) is 6.54. The van der Waals surface area contributed by atoms with Crippen LogP contribution in [0.15, 0.2) is 4.99 Å². The van der Waals surface area contributed by atoms with Gasteiger partial charge in [-0.2, -0.15) is 5.90 Å². The van der Waals surface area contributed by atoms with Crippen LogP contribution in [0.4, 0.5) is 0 Å². The van der Waals surface area contributed by atoms with Gasteiger partial charge >= 0.3 is 0 Å². The van der Waals surface area contributed by atoms with Crippen LogP contribution in [0.2, 0.25) is 0 Å². The molecule has 0 aromatic rings. The molecule has 0 heterocycles. The summed E-state index contributed by atoms with van der Waals surface area (Å²) >= 11 is 0. The molecule has 0 spiro atoms. The highest BCUT2D eigenvalue weighted by Crippen LogP contribution is 2.06. The Balaban J connectivity index is 5.22. The molecule has 0 unspecified atom stereocenters. The maximum atomic E-state index is 13.7. The van der Waals surface area contributed by atoms with Crippen LogP contribution in [0, 0.1) is 0 Å². The van der Waals surface area contributed by atoms with E-state index < -0.39 is 11.8 Å². The van der Waals surface area contributed by atoms with Crippen molar-refractivity contribution in [3.63, 3.8) is 0 Å². The van der Waals surface area contributed by atoms with E-state index in [2.05, 4.69) is 20.9 Å². The normalized spacial score (nSPS) is 11.5. The lowest BCUT2D eigenvalue weighted by molar-refractivity contribution is -0.138. The van der Waals surface area contributed by atoms with Crippen molar-refractivity contribution in [2.45, 2.75) is 44.9 Å². The molecular formula is C53H103N7O22. The predicted octanol–water partition coefficient (Wildman–Crippen LogP) is -1.20. The maximum absolute atomic E-state index is 13.7. The molecule has 0 fully saturated rings. The van der Waals surface area contributed by atoms with Crippen LogP contribution in [0.25, 0.3) is 0 Å². The van der Waals surface area contributed by atoms with E-state index in [1.165, 1.54) is 9.80 Å². The molecule has 0 bridgehead atoms. The number of nitrogens with one attached hydrogen (secondary N) is 3. The Morgan fingerprint density at radius 3 is 1.00 bits per heavy atom. The molecule has 0 radical (unpaired) electrons. The quantitative estimate of drug-likeness (QED) is 0.0240. The first-order valence-electron chi connectivity index (χ1n) is 28.4. The summed E-state index contributed by atoms with van der Waals surface area (Å²) in [6.45, 7) is 11.7. The van der Waals surface area contributed by atoms with E-state index in [1.807, 2.05) is 0 Å². The first kappa shape index (κ1) is 78.1. The number of rotatable bonds is 64. The molecule has 0 aromatic heterocycles. The summed E-state index contributed by atoms with van der Waals surface area (Å²) < 4.78 is 85.6. The number of aliphatic imine (C=N–C) groups is 1. The van der Waals surface area contributed by atoms with Crippen molar-refractivity contribution in [1.29, 1.82) is 0 Å². The Morgan fingerprint density at radius 2 is 0.646 bits per heavy atom. The molecule has 0 atom stereocenters. The molecular weight excluding hydrogens is 1090 g/mol. The van der Waals surface area contributed by atoms with Gasteiger partial charge in [0.15, 0.2) is 0 Å². The van der Waals surface area contributed by atoms with Crippen molar-refractivity contribution in [2.24, 2.45) is 10.9 Å². The molecule has 5 N–H and O–H groups in total. The van der Waals surface area contributed by atoms with Gasteiger partial charge in [-0.05, 0) is 19.3 Å². The minimum Gasteiger partial charge on any atom is -0.396 e. The lowest BCUT2D eigenvalue weighted by atomic mass is 10.2. The molecule has 0 aromatic carbocycles. The van der Waals surface area contributed by atoms with Crippen molar-refractivity contribution in [1.82, 2.24) is 25.8 Å². The third-order valence-corrected chi connectivity index (χ3v) is 10.9. The van der Waals surface area contributed by atoms with Gasteiger partial charge in [0.25, 0.3) is 0 Å². The van der Waals surface area contributed by atoms with Crippen LogP contribution < -0.4 is 21.8 Å². The second kappa shape index (κ2) is 63.2. The zero-order valence-electron chi connectivity index (χ0n) is 49.8. The average molecular weight is 1190 g/mol. The summed E-state index contributed by atoms with van der Waals surface area (Å²) in [5.41, 5.74) is 0. The smallest absolute Gasteiger partial charge is 0.239 e. The van der Waals surface area contributed by atoms with E-state index in [-0.39, 0.29) is 109 Å². The maximum Gasteiger partial charge on any atom is 0.239 e. The van der Waals surface area contributed by atoms with Gasteiger partial charge in [0.1, 0.15) is 0 Å². The summed E-state index contributed by atoms with van der Waals surface area (Å²) in [6.07, 6.45) is 1.37. The van der Waals surface area contributed by atoms with Crippen molar-refractivity contribution in [3.8, 4) is 0 Å². The van der Waals surface area contributed by atoms with Gasteiger partial charge in [0.2, 0.25) is 35.4 Å². The monoisotopic (exact) mass is 1190 g/mol. The van der Waals surface area contributed by atoms with Gasteiger partial charge in [-0.1, -0.05) is 0 Å². The number of amides is 5. The minimum absolute atomic E-state index is 0.0581. The Labute approximate surface area is 486 Å². The Hall–Kier alpha value is -3.86. The number of hydrogen-bond donors (Lipinski definition) is 4. The van der Waals surface area contributed by atoms with Crippen LogP contribution in [-0.4, -0.2) is 311 Å². The largest absolute Gasteiger partial charge is 0.396 e. The van der Waals surface area contributed by atoms with Crippen molar-refractivity contribution in [3.05, 3.63) is 0 Å². The van der Waals surface area contributed by atoms with Gasteiger partial charge in [-0.3, -0.25) is 29.0 Å². The zero-order valence-corrected chi connectivity index (χ0v) is 49.8. The average Bonchev–Trinajstić information content (AvgIpc) is 3.48. The molecule has 0 aliphatic heterocycles. The van der Waals surface area contributed by atoms with Crippen LogP contribution in [0.3, 0.4) is 0 Å². The molecule has 0 saturated heterocycles. The van der Waals surface area contributed by atoms with E-state index in [0.29, 0.717) is 197 Å². The Kier molecular flexibility index (Phi) is 60.2. The lowest BCUT2D eigenvalue weighted by Gasteiger charge is -2.24. The van der Waals surface area contributed by atoms with Crippen LogP contribution in [0.5, 0.6) is 0 Å². The van der Waals surface area contributed by atoms with Crippen LogP contribution in [0.1, 0.15) is 44.9 Å². The van der Waals surface area contributed by atoms with E-state index in [9.17, 15) is 24.0 Å². The first-order valence-corrected chi connectivity index (χ1v) is 28.4. The van der Waals surface area contributed by atoms with E-state index in [0.717, 1.165) is 0 Å². The van der Waals surface area contributed by atoms with Gasteiger partial charge < -0.3 is 106 Å². The van der Waals surface area contributed by atoms with Crippen molar-refractivity contribution >= 4 is 35.4 Å². The molecule has 29 heteroatoms.